The maximum absolute atomic E-state index is 12.7. The summed E-state index contributed by atoms with van der Waals surface area (Å²) in [5.41, 5.74) is 0. The molecule has 102 valence electrons. The molecule has 0 aromatic carbocycles. The minimum atomic E-state index is -4.18. The van der Waals surface area contributed by atoms with E-state index in [2.05, 4.69) is 0 Å². The Labute approximate surface area is 104 Å². The number of carbonyl (C=O) groups is 1. The van der Waals surface area contributed by atoms with E-state index in [1.807, 2.05) is 0 Å². The monoisotopic (exact) mass is 262 g/mol. The highest BCUT2D eigenvalue weighted by Crippen LogP contribution is 2.41. The average Bonchev–Trinajstić information content (AvgIpc) is 2.38. The molecule has 0 radical (unpaired) electrons. The van der Waals surface area contributed by atoms with Crippen LogP contribution in [0.3, 0.4) is 0 Å². The molecule has 2 unspecified atom stereocenters. The molecule has 0 amide bonds. The van der Waals surface area contributed by atoms with Gasteiger partial charge in [0, 0.05) is 5.92 Å². The van der Waals surface area contributed by atoms with E-state index in [4.69, 9.17) is 4.74 Å². The van der Waals surface area contributed by atoms with Crippen LogP contribution >= 0.6 is 0 Å². The molecule has 2 nitrogen and oxygen atoms in total. The topological polar surface area (TPSA) is 26.3 Å². The Bertz CT molecular complexity index is 347. The van der Waals surface area contributed by atoms with E-state index in [1.165, 1.54) is 0 Å². The van der Waals surface area contributed by atoms with Gasteiger partial charge in [0.1, 0.15) is 0 Å². The Balaban J connectivity index is 2.00. The summed E-state index contributed by atoms with van der Waals surface area (Å²) in [6.45, 7) is 0.493. The zero-order valence-electron chi connectivity index (χ0n) is 10.1. The highest BCUT2D eigenvalue weighted by molar-refractivity contribution is 5.95. The largest absolute Gasteiger partial charge is 0.490 e. The zero-order chi connectivity index (χ0) is 13.2. The van der Waals surface area contributed by atoms with Crippen LogP contribution < -0.4 is 0 Å². The number of allylic oxidation sites excluding steroid dienone is 2. The first-order valence-corrected chi connectivity index (χ1v) is 6.42. The summed E-state index contributed by atoms with van der Waals surface area (Å²) < 4.78 is 43.2. The minimum Gasteiger partial charge on any atom is -0.490 e. The van der Waals surface area contributed by atoms with Crippen molar-refractivity contribution in [1.29, 1.82) is 0 Å². The van der Waals surface area contributed by atoms with E-state index in [0.29, 0.717) is 19.4 Å². The van der Waals surface area contributed by atoms with Gasteiger partial charge in [0.25, 0.3) is 0 Å². The van der Waals surface area contributed by atoms with Gasteiger partial charge in [0.2, 0.25) is 0 Å². The van der Waals surface area contributed by atoms with Crippen molar-refractivity contribution in [1.82, 2.24) is 0 Å². The second kappa shape index (κ2) is 5.33. The van der Waals surface area contributed by atoms with E-state index >= 15 is 0 Å². The molecular weight excluding hydrogens is 245 g/mol. The molecule has 0 saturated heterocycles. The third-order valence-corrected chi connectivity index (χ3v) is 3.69. The number of rotatable bonds is 2. The molecule has 0 bridgehead atoms. The highest BCUT2D eigenvalue weighted by atomic mass is 19.4. The summed E-state index contributed by atoms with van der Waals surface area (Å²) in [4.78, 5) is 12.1. The van der Waals surface area contributed by atoms with Crippen LogP contribution in [0, 0.1) is 11.8 Å². The molecule has 0 spiro atoms. The van der Waals surface area contributed by atoms with Crippen molar-refractivity contribution in [3.8, 4) is 0 Å². The van der Waals surface area contributed by atoms with Gasteiger partial charge in [0.05, 0.1) is 12.5 Å². The van der Waals surface area contributed by atoms with E-state index in [9.17, 15) is 18.0 Å². The third kappa shape index (κ3) is 3.06. The number of halogens is 3. The van der Waals surface area contributed by atoms with Gasteiger partial charge in [-0.15, -0.1) is 0 Å². The zero-order valence-corrected chi connectivity index (χ0v) is 10.1. The Morgan fingerprint density at radius 1 is 1.28 bits per heavy atom. The molecule has 18 heavy (non-hydrogen) atoms. The predicted octanol–water partition coefficient (Wildman–Crippen LogP) is 3.62. The van der Waals surface area contributed by atoms with Crippen LogP contribution in [0.4, 0.5) is 13.2 Å². The van der Waals surface area contributed by atoms with Crippen molar-refractivity contribution in [3.05, 3.63) is 11.8 Å². The summed E-state index contributed by atoms with van der Waals surface area (Å²) >= 11 is 0. The van der Waals surface area contributed by atoms with Crippen LogP contribution in [0.2, 0.25) is 0 Å². The number of ether oxygens (including phenoxy) is 1. The molecule has 1 saturated carbocycles. The number of Topliss-reactive ketones (excluding diaryl/α,β-unsaturated/α-hetero) is 1. The van der Waals surface area contributed by atoms with Crippen molar-refractivity contribution >= 4 is 5.78 Å². The lowest BCUT2D eigenvalue weighted by Gasteiger charge is -2.30. The molecule has 1 aliphatic carbocycles. The van der Waals surface area contributed by atoms with Crippen LogP contribution in [-0.2, 0) is 9.53 Å². The van der Waals surface area contributed by atoms with Gasteiger partial charge < -0.3 is 4.74 Å². The van der Waals surface area contributed by atoms with Crippen molar-refractivity contribution in [2.45, 2.75) is 44.7 Å². The Morgan fingerprint density at radius 2 is 2.06 bits per heavy atom. The van der Waals surface area contributed by atoms with Gasteiger partial charge in [-0.05, 0) is 38.2 Å². The van der Waals surface area contributed by atoms with Gasteiger partial charge in [-0.25, -0.2) is 0 Å². The second-order valence-electron chi connectivity index (χ2n) is 5.03. The number of alkyl halides is 3. The minimum absolute atomic E-state index is 0.0803. The van der Waals surface area contributed by atoms with Crippen LogP contribution in [0.5, 0.6) is 0 Å². The molecule has 1 fully saturated rings. The number of ketones is 1. The fourth-order valence-electron chi connectivity index (χ4n) is 2.66. The lowest BCUT2D eigenvalue weighted by Crippen LogP contribution is -2.32. The molecule has 2 atom stereocenters. The van der Waals surface area contributed by atoms with E-state index in [0.717, 1.165) is 12.8 Å². The quantitative estimate of drug-likeness (QED) is 0.759. The van der Waals surface area contributed by atoms with E-state index < -0.39 is 18.0 Å². The summed E-state index contributed by atoms with van der Waals surface area (Å²) in [6, 6.07) is 0. The van der Waals surface area contributed by atoms with Crippen LogP contribution in [-0.4, -0.2) is 18.6 Å². The van der Waals surface area contributed by atoms with Crippen molar-refractivity contribution < 1.29 is 22.7 Å². The maximum atomic E-state index is 12.7. The fraction of sp³-hybridized carbons (Fsp3) is 0.769. The van der Waals surface area contributed by atoms with Gasteiger partial charge >= 0.3 is 6.18 Å². The average molecular weight is 262 g/mol. The molecule has 0 N–H and O–H groups in total. The van der Waals surface area contributed by atoms with Crippen molar-refractivity contribution in [3.63, 3.8) is 0 Å². The highest BCUT2D eigenvalue weighted by Gasteiger charge is 2.44. The van der Waals surface area contributed by atoms with Crippen LogP contribution in [0.15, 0.2) is 11.8 Å². The van der Waals surface area contributed by atoms with Gasteiger partial charge in [-0.1, -0.05) is 6.42 Å². The third-order valence-electron chi connectivity index (χ3n) is 3.69. The Morgan fingerprint density at radius 3 is 2.67 bits per heavy atom. The fourth-order valence-corrected chi connectivity index (χ4v) is 2.66. The maximum Gasteiger partial charge on any atom is 0.391 e. The lowest BCUT2D eigenvalue weighted by atomic mass is 9.78. The van der Waals surface area contributed by atoms with Crippen molar-refractivity contribution in [2.24, 2.45) is 11.8 Å². The molecule has 1 aliphatic heterocycles. The predicted molar refractivity (Wildman–Crippen MR) is 59.8 cm³/mol. The van der Waals surface area contributed by atoms with E-state index in [-0.39, 0.29) is 24.4 Å². The van der Waals surface area contributed by atoms with Crippen molar-refractivity contribution in [2.75, 3.05) is 6.61 Å². The normalized spacial score (nSPS) is 29.4. The number of hydrogen-bond donors (Lipinski definition) is 0. The first kappa shape index (κ1) is 13.4. The lowest BCUT2D eigenvalue weighted by molar-refractivity contribution is -0.186. The molecule has 0 aromatic heterocycles. The summed E-state index contributed by atoms with van der Waals surface area (Å²) in [5, 5.41) is 0. The van der Waals surface area contributed by atoms with Gasteiger partial charge in [-0.3, -0.25) is 4.79 Å². The van der Waals surface area contributed by atoms with E-state index in [1.54, 1.807) is 6.08 Å². The smallest absolute Gasteiger partial charge is 0.391 e. The molecule has 5 heteroatoms. The summed E-state index contributed by atoms with van der Waals surface area (Å²) in [5.74, 6) is -1.79. The first-order chi connectivity index (χ1) is 8.48. The second-order valence-corrected chi connectivity index (χ2v) is 5.03. The molecule has 0 aromatic rings. The first-order valence-electron chi connectivity index (χ1n) is 6.42. The SMILES string of the molecule is O=C(C1=CCCCO1)C1CCCC(C(F)(F)F)C1. The summed E-state index contributed by atoms with van der Waals surface area (Å²) in [7, 11) is 0. The Kier molecular flexibility index (Phi) is 3.97. The summed E-state index contributed by atoms with van der Waals surface area (Å²) in [6.07, 6.45) is 0.253. The van der Waals surface area contributed by atoms with Crippen LogP contribution in [0.1, 0.15) is 38.5 Å². The van der Waals surface area contributed by atoms with Gasteiger partial charge in [-0.2, -0.15) is 13.2 Å². The standard InChI is InChI=1S/C13H17F3O2/c14-13(15,16)10-5-3-4-9(8-10)12(17)11-6-1-2-7-18-11/h6,9-10H,1-5,7-8H2. The molecule has 2 rings (SSSR count). The number of carbonyl (C=O) groups excluding carboxylic acids is 1. The number of hydrogen-bond acceptors (Lipinski definition) is 2. The Hall–Kier alpha value is -1.00. The van der Waals surface area contributed by atoms with Crippen LogP contribution in [0.25, 0.3) is 0 Å². The molecule has 1 heterocycles. The van der Waals surface area contributed by atoms with Gasteiger partial charge in [0.15, 0.2) is 11.5 Å². The molecular formula is C13H17F3O2. The molecule has 2 aliphatic rings.